The van der Waals surface area contributed by atoms with Crippen molar-refractivity contribution < 1.29 is 45.0 Å². The van der Waals surface area contributed by atoms with Gasteiger partial charge in [-0.3, -0.25) is 0 Å². The van der Waals surface area contributed by atoms with Gasteiger partial charge < -0.3 is 4.74 Å². The number of hydrogen-bond acceptors (Lipinski definition) is 4. The van der Waals surface area contributed by atoms with Gasteiger partial charge in [-0.05, 0) is 30.3 Å². The first-order valence-electron chi connectivity index (χ1n) is 16.0. The van der Waals surface area contributed by atoms with Crippen LogP contribution >= 0.6 is 0 Å². The van der Waals surface area contributed by atoms with Crippen molar-refractivity contribution in [3.8, 4) is 28.4 Å². The molecule has 49 heavy (non-hydrogen) atoms. The number of ether oxygens (including phenoxy) is 2. The van der Waals surface area contributed by atoms with Gasteiger partial charge in [-0.15, -0.1) is 0 Å². The van der Waals surface area contributed by atoms with E-state index in [1.54, 1.807) is 19.3 Å². The third kappa shape index (κ3) is 6.74. The van der Waals surface area contributed by atoms with E-state index in [1.165, 1.54) is 3.57 Å². The Balaban J connectivity index is 1.28. The summed E-state index contributed by atoms with van der Waals surface area (Å²) < 4.78 is 19.7. The van der Waals surface area contributed by atoms with Crippen LogP contribution in [0.5, 0.6) is 5.75 Å². The molecule has 1 N–H and O–H groups in total. The van der Waals surface area contributed by atoms with Crippen molar-refractivity contribution in [1.29, 1.82) is 0 Å². The quantitative estimate of drug-likeness (QED) is 0.0911. The van der Waals surface area contributed by atoms with Gasteiger partial charge in [0.05, 0.1) is 30.4 Å². The molecule has 3 aliphatic rings. The van der Waals surface area contributed by atoms with Crippen molar-refractivity contribution in [2.45, 2.75) is 13.3 Å². The minimum absolute atomic E-state index is 0.0386. The van der Waals surface area contributed by atoms with E-state index in [9.17, 15) is 9.90 Å². The van der Waals surface area contributed by atoms with Gasteiger partial charge in [0, 0.05) is 0 Å². The average Bonchev–Trinajstić information content (AvgIpc) is 3.16. The zero-order valence-electron chi connectivity index (χ0n) is 27.4. The summed E-state index contributed by atoms with van der Waals surface area (Å²) in [5.74, 6) is 3.20. The smallest absolute Gasteiger partial charge is 0.207 e. The van der Waals surface area contributed by atoms with Crippen molar-refractivity contribution >= 4 is 17.6 Å². The van der Waals surface area contributed by atoms with E-state index in [0.717, 1.165) is 45.8 Å². The van der Waals surface area contributed by atoms with Gasteiger partial charge >= 0.3 is 198 Å². The van der Waals surface area contributed by atoms with Crippen LogP contribution in [0.3, 0.4) is 0 Å². The second-order valence-corrected chi connectivity index (χ2v) is 14.6. The normalized spacial score (nSPS) is 20.3. The van der Waals surface area contributed by atoms with E-state index in [2.05, 4.69) is 48.3 Å². The molecular formula is C43H35IO5. The third-order valence-electron chi connectivity index (χ3n) is 8.81. The number of halogens is 1. The Kier molecular flexibility index (Phi) is 9.06. The number of ketones is 1. The van der Waals surface area contributed by atoms with Gasteiger partial charge in [0.25, 0.3) is 0 Å². The Morgan fingerprint density at radius 2 is 1.63 bits per heavy atom. The fourth-order valence-electron chi connectivity index (χ4n) is 6.01. The summed E-state index contributed by atoms with van der Waals surface area (Å²) in [7, 11) is 1.62. The van der Waals surface area contributed by atoms with Crippen LogP contribution in [-0.2, 0) is 9.53 Å². The monoisotopic (exact) mass is 758 g/mol. The predicted octanol–water partition coefficient (Wildman–Crippen LogP) is 6.97. The number of benzene rings is 3. The van der Waals surface area contributed by atoms with Crippen molar-refractivity contribution in [3.63, 3.8) is 0 Å². The molecule has 1 unspecified atom stereocenters. The van der Waals surface area contributed by atoms with Crippen molar-refractivity contribution in [2.75, 3.05) is 12.0 Å². The number of methoxy groups -OCH3 is 1. The van der Waals surface area contributed by atoms with Crippen LogP contribution in [0.15, 0.2) is 166 Å². The van der Waals surface area contributed by atoms with Gasteiger partial charge in [0.1, 0.15) is 5.75 Å². The number of alkyl halides is 1. The summed E-state index contributed by atoms with van der Waals surface area (Å²) in [4.78, 5) is 15.9. The zero-order valence-corrected chi connectivity index (χ0v) is 29.6. The van der Waals surface area contributed by atoms with Crippen molar-refractivity contribution in [1.82, 2.24) is 0 Å². The topological polar surface area (TPSA) is 67.1 Å². The first-order valence-corrected chi connectivity index (χ1v) is 19.2. The molecule has 0 radical (unpaired) electrons. The molecule has 0 fully saturated rings. The van der Waals surface area contributed by atoms with Crippen molar-refractivity contribution in [2.24, 2.45) is 5.41 Å². The van der Waals surface area contributed by atoms with E-state index < -0.39 is 0 Å². The SMILES string of the molecule is COc1cccc(-c2cc(C=C3C(=O)C(/C=C4\C=C(c5cccc([I-]C)c5)OC(C5(C)C=CC=CC5)=C4)=C3O)cc(-c3ccccc3)[o+]2)c1. The summed E-state index contributed by atoms with van der Waals surface area (Å²) in [6.45, 7) is 2.15. The molecule has 0 saturated heterocycles. The van der Waals surface area contributed by atoms with Gasteiger partial charge in [-0.25, -0.2) is 4.42 Å². The summed E-state index contributed by atoms with van der Waals surface area (Å²) in [6.07, 6.45) is 16.6. The number of aliphatic hydroxyl groups is 1. The number of carbonyl (C=O) groups excluding carboxylic acids is 1. The number of carbonyl (C=O) groups is 1. The van der Waals surface area contributed by atoms with Gasteiger partial charge in [-0.2, -0.15) is 0 Å². The largest absolute Gasteiger partial charge is 0.361 e. The molecule has 2 aliphatic carbocycles. The van der Waals surface area contributed by atoms with E-state index in [4.69, 9.17) is 13.9 Å². The van der Waals surface area contributed by atoms with E-state index in [-0.39, 0.29) is 49.3 Å². The molecule has 7 rings (SSSR count). The minimum Gasteiger partial charge on any atom is -0.207 e. The maximum atomic E-state index is 13.7. The number of allylic oxidation sites excluding steroid dienone is 10. The van der Waals surface area contributed by atoms with E-state index in [1.807, 2.05) is 91.0 Å². The minimum atomic E-state index is -0.344. The molecule has 1 aliphatic heterocycles. The van der Waals surface area contributed by atoms with Gasteiger partial charge in [0.15, 0.2) is 0 Å². The first-order chi connectivity index (χ1) is 23.8. The molecule has 0 saturated carbocycles. The second kappa shape index (κ2) is 13.7. The average molecular weight is 759 g/mol. The number of Topliss-reactive ketones (excluding diaryl/α,β-unsaturated/α-hetero) is 1. The molecule has 3 aromatic carbocycles. The summed E-state index contributed by atoms with van der Waals surface area (Å²) >= 11 is -0.0921. The second-order valence-electron chi connectivity index (χ2n) is 12.2. The molecule has 244 valence electrons. The predicted molar refractivity (Wildman–Crippen MR) is 190 cm³/mol. The maximum Gasteiger partial charge on any atom is 0.361 e. The molecule has 0 amide bonds. The first kappa shape index (κ1) is 32.3. The standard InChI is InChI=1S/C43H35IO5/c1-43(18-8-5-9-19-43)40-25-29(24-39(49-40)31-14-10-16-33(26-31)44-2)21-36-41(45)35(42(36)46)20-28-22-37(30-12-6-4-7-13-30)48-38(23-28)32-15-11-17-34(27-32)47-3/h4-18,20-27,45H,19H2,1-3H3. The van der Waals surface area contributed by atoms with E-state index in [0.29, 0.717) is 17.3 Å². The van der Waals surface area contributed by atoms with Crippen LogP contribution in [0.25, 0.3) is 34.5 Å². The molecular weight excluding hydrogens is 723 g/mol. The summed E-state index contributed by atoms with van der Waals surface area (Å²) in [5, 5.41) is 11.3. The van der Waals surface area contributed by atoms with Crippen LogP contribution in [0.1, 0.15) is 24.5 Å². The fraction of sp³-hybridized carbons (Fsp3) is 0.116. The Morgan fingerprint density at radius 3 is 2.37 bits per heavy atom. The van der Waals surface area contributed by atoms with Crippen LogP contribution in [0.4, 0.5) is 0 Å². The third-order valence-corrected chi connectivity index (χ3v) is 10.7. The molecule has 6 heteroatoms. The Morgan fingerprint density at radius 1 is 0.878 bits per heavy atom. The Bertz CT molecular complexity index is 2180. The van der Waals surface area contributed by atoms with Crippen LogP contribution in [0, 0.1) is 8.99 Å². The fourth-order valence-corrected chi connectivity index (χ4v) is 7.22. The number of aliphatic hydroxyl groups excluding tert-OH is 1. The summed E-state index contributed by atoms with van der Waals surface area (Å²) in [6, 6.07) is 29.6. The number of hydrogen-bond donors (Lipinski definition) is 1. The molecule has 0 spiro atoms. The molecule has 4 aromatic rings. The molecule has 2 heterocycles. The molecule has 5 nitrogen and oxygen atoms in total. The van der Waals surface area contributed by atoms with Crippen LogP contribution in [-0.4, -0.2) is 22.9 Å². The van der Waals surface area contributed by atoms with Crippen LogP contribution in [0.2, 0.25) is 0 Å². The Labute approximate surface area is 296 Å². The maximum absolute atomic E-state index is 13.7. The van der Waals surface area contributed by atoms with E-state index >= 15 is 0 Å². The molecule has 1 aromatic heterocycles. The zero-order chi connectivity index (χ0) is 34.0. The van der Waals surface area contributed by atoms with Crippen LogP contribution < -0.4 is 25.9 Å². The summed E-state index contributed by atoms with van der Waals surface area (Å²) in [5.41, 5.74) is 4.40. The molecule has 1 atom stereocenters. The molecule has 0 bridgehead atoms. The Hall–Kier alpha value is -5.21. The van der Waals surface area contributed by atoms with Crippen molar-refractivity contribution in [3.05, 3.63) is 176 Å². The number of rotatable bonds is 8. The van der Waals surface area contributed by atoms with Gasteiger partial charge in [0.2, 0.25) is 0 Å². The van der Waals surface area contributed by atoms with Gasteiger partial charge in [-0.1, -0.05) is 24.3 Å².